The van der Waals surface area contributed by atoms with E-state index in [0.717, 1.165) is 30.6 Å². The Labute approximate surface area is 145 Å². The first kappa shape index (κ1) is 21.8. The first-order chi connectivity index (χ1) is 10.5. The number of rotatable bonds is 2. The molecule has 0 aromatic carbocycles. The van der Waals surface area contributed by atoms with Gasteiger partial charge in [-0.2, -0.15) is 0 Å². The maximum absolute atomic E-state index is 13.6. The van der Waals surface area contributed by atoms with Gasteiger partial charge >= 0.3 is 0 Å². The van der Waals surface area contributed by atoms with Crippen molar-refractivity contribution < 1.29 is 25.6 Å². The summed E-state index contributed by atoms with van der Waals surface area (Å²) in [6.45, 7) is 2.36. The molecule has 5 heteroatoms. The van der Waals surface area contributed by atoms with E-state index in [-0.39, 0.29) is 31.1 Å². The lowest BCUT2D eigenvalue weighted by molar-refractivity contribution is -0.00699. The number of hydrogen-bond acceptors (Lipinski definition) is 0. The molecule has 3 saturated carbocycles. The van der Waals surface area contributed by atoms with E-state index >= 15 is 0 Å². The Balaban J connectivity index is 0.00000192. The van der Waals surface area contributed by atoms with Gasteiger partial charge in [0.15, 0.2) is 6.17 Å². The molecule has 3 aliphatic carbocycles. The minimum Gasteiger partial charge on any atom is -0.412 e. The van der Waals surface area contributed by atoms with Crippen molar-refractivity contribution in [2.75, 3.05) is 0 Å². The summed E-state index contributed by atoms with van der Waals surface area (Å²) in [5, 5.41) is 0. The van der Waals surface area contributed by atoms with Crippen molar-refractivity contribution in [3.05, 3.63) is 0 Å². The molecule has 0 saturated heterocycles. The predicted molar refractivity (Wildman–Crippen MR) is 93.3 cm³/mol. The smallest absolute Gasteiger partial charge is 0.162 e. The third-order valence-electron chi connectivity index (χ3n) is 6.96. The van der Waals surface area contributed by atoms with E-state index in [9.17, 15) is 13.2 Å². The highest BCUT2D eigenvalue weighted by Crippen LogP contribution is 2.46. The third-order valence-corrected chi connectivity index (χ3v) is 6.96. The zero-order chi connectivity index (χ0) is 15.7. The van der Waals surface area contributed by atoms with Crippen molar-refractivity contribution in [3.63, 3.8) is 0 Å². The molecule has 0 spiro atoms. The summed E-state index contributed by atoms with van der Waals surface area (Å²) >= 11 is 0. The molecule has 2 nitrogen and oxygen atoms in total. The zero-order valence-electron chi connectivity index (χ0n) is 14.8. The average Bonchev–Trinajstić information content (AvgIpc) is 2.53. The number of halogens is 3. The molecule has 0 amide bonds. The van der Waals surface area contributed by atoms with Gasteiger partial charge in [0, 0.05) is 1.43 Å². The van der Waals surface area contributed by atoms with Crippen LogP contribution in [0.4, 0.5) is 13.2 Å². The van der Waals surface area contributed by atoms with E-state index in [1.54, 1.807) is 0 Å². The Morgan fingerprint density at radius 2 is 0.917 bits per heavy atom. The molecular formula is C19H37F3O2. The van der Waals surface area contributed by atoms with E-state index < -0.39 is 18.5 Å². The van der Waals surface area contributed by atoms with Crippen LogP contribution in [-0.2, 0) is 0 Å². The summed E-state index contributed by atoms with van der Waals surface area (Å²) in [5.41, 5.74) is 0. The normalized spacial score (nSPS) is 46.5. The maximum atomic E-state index is 13.6. The van der Waals surface area contributed by atoms with Gasteiger partial charge in [0.2, 0.25) is 0 Å². The highest BCUT2D eigenvalue weighted by Gasteiger charge is 2.42. The van der Waals surface area contributed by atoms with Crippen LogP contribution in [0.5, 0.6) is 0 Å². The van der Waals surface area contributed by atoms with Crippen molar-refractivity contribution in [1.29, 1.82) is 0 Å². The standard InChI is InChI=1S/C19H31F3.2H2O.H2/c1-12-2-4-13(5-3-12)14-6-8-15(9-7-14)16-10-17(20)19(22)18(21)11-16;;;/h12-19H,2-11H2,1H3;2*1H2;1H. The second-order valence-corrected chi connectivity index (χ2v) is 8.40. The highest BCUT2D eigenvalue weighted by molar-refractivity contribution is 4.91. The van der Waals surface area contributed by atoms with Crippen LogP contribution in [0.25, 0.3) is 0 Å². The average molecular weight is 354 g/mol. The Morgan fingerprint density at radius 1 is 0.583 bits per heavy atom. The van der Waals surface area contributed by atoms with Gasteiger partial charge in [-0.1, -0.05) is 19.8 Å². The van der Waals surface area contributed by atoms with Gasteiger partial charge in [0.25, 0.3) is 0 Å². The van der Waals surface area contributed by atoms with Crippen LogP contribution < -0.4 is 0 Å². The van der Waals surface area contributed by atoms with Gasteiger partial charge < -0.3 is 11.0 Å². The van der Waals surface area contributed by atoms with Crippen molar-refractivity contribution in [1.82, 2.24) is 0 Å². The molecule has 3 fully saturated rings. The summed E-state index contributed by atoms with van der Waals surface area (Å²) in [4.78, 5) is 0. The van der Waals surface area contributed by atoms with E-state index in [2.05, 4.69) is 6.92 Å². The maximum Gasteiger partial charge on any atom is 0.162 e. The predicted octanol–water partition coefficient (Wildman–Crippen LogP) is 4.64. The Bertz CT molecular complexity index is 347. The molecule has 0 aromatic rings. The summed E-state index contributed by atoms with van der Waals surface area (Å²) in [7, 11) is 0. The van der Waals surface area contributed by atoms with Crippen molar-refractivity contribution >= 4 is 0 Å². The quantitative estimate of drug-likeness (QED) is 0.693. The summed E-state index contributed by atoms with van der Waals surface area (Å²) in [5.74, 6) is 3.13. The van der Waals surface area contributed by atoms with Gasteiger partial charge in [-0.15, -0.1) is 0 Å². The van der Waals surface area contributed by atoms with E-state index in [4.69, 9.17) is 0 Å². The number of alkyl halides is 3. The van der Waals surface area contributed by atoms with E-state index in [1.807, 2.05) is 0 Å². The van der Waals surface area contributed by atoms with Crippen LogP contribution in [0.1, 0.15) is 72.6 Å². The Hall–Kier alpha value is -0.290. The monoisotopic (exact) mass is 354 g/mol. The molecule has 0 bridgehead atoms. The third kappa shape index (κ3) is 4.87. The molecular weight excluding hydrogens is 317 g/mol. The minimum atomic E-state index is -1.88. The van der Waals surface area contributed by atoms with Crippen LogP contribution in [0, 0.1) is 29.6 Å². The lowest BCUT2D eigenvalue weighted by Crippen LogP contribution is -2.40. The van der Waals surface area contributed by atoms with Crippen LogP contribution >= 0.6 is 0 Å². The Morgan fingerprint density at radius 3 is 1.33 bits per heavy atom. The fraction of sp³-hybridized carbons (Fsp3) is 1.00. The molecule has 0 aliphatic heterocycles. The fourth-order valence-electron chi connectivity index (χ4n) is 5.39. The van der Waals surface area contributed by atoms with Gasteiger partial charge in [0.1, 0.15) is 12.3 Å². The molecule has 24 heavy (non-hydrogen) atoms. The largest absolute Gasteiger partial charge is 0.412 e. The van der Waals surface area contributed by atoms with Gasteiger partial charge in [-0.25, -0.2) is 13.2 Å². The Kier molecular flexibility index (Phi) is 8.54. The topological polar surface area (TPSA) is 63.0 Å². The van der Waals surface area contributed by atoms with Gasteiger partial charge in [-0.3, -0.25) is 0 Å². The molecule has 4 N–H and O–H groups in total. The van der Waals surface area contributed by atoms with Crippen molar-refractivity contribution in [2.45, 2.75) is 89.6 Å². The molecule has 3 aliphatic rings. The second-order valence-electron chi connectivity index (χ2n) is 8.40. The summed E-state index contributed by atoms with van der Waals surface area (Å²) < 4.78 is 40.5. The second kappa shape index (κ2) is 9.42. The van der Waals surface area contributed by atoms with Crippen LogP contribution in [-0.4, -0.2) is 29.5 Å². The minimum absolute atomic E-state index is 0. The molecule has 3 rings (SSSR count). The van der Waals surface area contributed by atoms with Gasteiger partial charge in [-0.05, 0) is 81.0 Å². The zero-order valence-corrected chi connectivity index (χ0v) is 14.8. The SMILES string of the molecule is CC1CCC(C2CCC(C3CC(F)C(F)C(F)C3)CC2)CC1.O.O.[HH]. The molecule has 0 heterocycles. The van der Waals surface area contributed by atoms with Crippen molar-refractivity contribution in [2.24, 2.45) is 29.6 Å². The van der Waals surface area contributed by atoms with E-state index in [0.29, 0.717) is 5.92 Å². The van der Waals surface area contributed by atoms with Crippen LogP contribution in [0.3, 0.4) is 0 Å². The first-order valence-electron chi connectivity index (χ1n) is 9.46. The van der Waals surface area contributed by atoms with E-state index in [1.165, 1.54) is 38.5 Å². The van der Waals surface area contributed by atoms with Gasteiger partial charge in [0.05, 0.1) is 0 Å². The van der Waals surface area contributed by atoms with Crippen LogP contribution in [0.2, 0.25) is 0 Å². The summed E-state index contributed by atoms with van der Waals surface area (Å²) in [6.07, 6.45) is 5.64. The molecule has 2 atom stereocenters. The molecule has 0 radical (unpaired) electrons. The van der Waals surface area contributed by atoms with Crippen molar-refractivity contribution in [3.8, 4) is 0 Å². The fourth-order valence-corrected chi connectivity index (χ4v) is 5.39. The lowest BCUT2D eigenvalue weighted by Gasteiger charge is -2.41. The molecule has 2 unspecified atom stereocenters. The lowest BCUT2D eigenvalue weighted by atomic mass is 9.65. The van der Waals surface area contributed by atoms with Crippen LogP contribution in [0.15, 0.2) is 0 Å². The molecule has 146 valence electrons. The first-order valence-corrected chi connectivity index (χ1v) is 9.46. The number of hydrogen-bond donors (Lipinski definition) is 0. The summed E-state index contributed by atoms with van der Waals surface area (Å²) in [6, 6.07) is 0. The highest BCUT2D eigenvalue weighted by atomic mass is 19.2. The molecule has 0 aromatic heterocycles.